The SMILES string of the molecule is C=C(N)C[C@H](NC(=O)CNC(=O)[C@H](CCC)NC(=O)[C@H](CCCNC(=N)N)NC(=O)[C@H](CCC(N)=O)NC(=O)c1ccc(NC(=O)CNC(=O)CN2CCN(CC(=O)O)CCN(CC(=O)O)CCN(CC(=O)O)CC2)cc1)C(=O)N[C@@H](CCC(N)=O)C(=O)N[C@@H](Cc1c[nH]c2ccccc12)C(=O)N[C@@H](C)C(=O)N[C@H](C(=O)NCC(=O)N[C@@H](Cc1c[nH]cn1)C(=O)N[C@@H](CC(C)C)C(=O)N[C@@H](CCSC)C(N)=O)C(C)C. The second-order valence-electron chi connectivity index (χ2n) is 35.5. The number of H-pyrrole nitrogens is 2. The molecule has 2 aromatic heterocycles. The number of anilines is 1. The predicted molar refractivity (Wildman–Crippen MR) is 529 cm³/mol. The molecular weight excluding hydrogens is 1920 g/mol. The standard InChI is InChI=1S/C91H139N29O24S/c1-9-13-61(111-83(137)62(16-12-26-99-91(96)97)112-84(138)63(21-23-69(93)121)110-81(135)54-17-19-56(20-18-54)106-71(123)42-101-74(126)45-117-27-29-118(46-75(127)128)31-33-120(48-77(131)132)34-32-119(30-28-117)47-76(129)130)82(136)102-43-72(124)107-66(37-52(6)92)88(142)113-64(22-24-70(94)122)85(139)115-67(38-55-40-100-59-15-11-10-14-58(55)59)86(140)105-53(7)80(134)116-78(51(4)5)90(144)103-44-73(125)108-68(39-57-41-98-49-104-57)89(143)114-65(36-50(2)3)87(141)109-60(79(95)133)25-35-145-8/h10-11,14-15,17-20,40-41,49-51,53,60-68,78,100H,6,9,12-13,16,21-39,42-48,92H2,1-5,7-8H3,(H2,93,121)(H2,94,122)(H2,95,133)(H,98,104)(H,101,126)(H,102,136)(H,103,144)(H,105,140)(H,106,123)(H,107,124)(H,108,125)(H,109,141)(H,110,135)(H,111,137)(H,112,138)(H,113,142)(H,114,143)(H,115,139)(H,116,134)(H,127,128)(H,129,130)(H,131,132)(H4,96,97,99)/t53-,60-,61-,62-,63-,64-,65-,66-,67-,68-,78-/m0/s1. The zero-order valence-electron chi connectivity index (χ0n) is 82.2. The highest BCUT2D eigenvalue weighted by atomic mass is 32.2. The fraction of sp³-hybridized carbons (Fsp3) is 0.549. The summed E-state index contributed by atoms with van der Waals surface area (Å²) in [6, 6.07) is -3.95. The van der Waals surface area contributed by atoms with Gasteiger partial charge in [0.25, 0.3) is 5.91 Å². The lowest BCUT2D eigenvalue weighted by Crippen LogP contribution is -2.60. The Kier molecular flexibility index (Phi) is 51.9. The average Bonchev–Trinajstić information content (AvgIpc) is 1.68. The number of aliphatic carboxylic acids is 3. The number of carbonyl (C=O) groups is 21. The van der Waals surface area contributed by atoms with Crippen LogP contribution >= 0.6 is 11.8 Å². The number of nitrogens with one attached hydrogen (secondary N) is 19. The summed E-state index contributed by atoms with van der Waals surface area (Å²) in [7, 11) is 0. The minimum absolute atomic E-state index is 0.0135. The van der Waals surface area contributed by atoms with Crippen molar-refractivity contribution in [1.29, 1.82) is 5.41 Å². The smallest absolute Gasteiger partial charge is 0.317 e. The molecule has 0 saturated carbocycles. The predicted octanol–water partition coefficient (Wildman–Crippen LogP) is -7.50. The third-order valence-electron chi connectivity index (χ3n) is 22.6. The van der Waals surface area contributed by atoms with Gasteiger partial charge < -0.3 is 139 Å². The Morgan fingerprint density at radius 3 is 1.43 bits per heavy atom. The molecule has 53 nitrogen and oxygen atoms in total. The van der Waals surface area contributed by atoms with E-state index in [0.717, 1.165) is 0 Å². The first-order chi connectivity index (χ1) is 68.6. The van der Waals surface area contributed by atoms with Gasteiger partial charge in [-0.25, -0.2) is 4.98 Å². The first kappa shape index (κ1) is 121. The zero-order chi connectivity index (χ0) is 108. The number of para-hydroxylation sites is 1. The van der Waals surface area contributed by atoms with Crippen molar-refractivity contribution in [1.82, 2.24) is 114 Å². The van der Waals surface area contributed by atoms with Gasteiger partial charge in [-0.15, -0.1) is 0 Å². The van der Waals surface area contributed by atoms with Crippen molar-refractivity contribution in [3.63, 3.8) is 0 Å². The number of carboxylic acid groups (broad SMARTS) is 3. The summed E-state index contributed by atoms with van der Waals surface area (Å²) >= 11 is 1.43. The number of primary amides is 3. The van der Waals surface area contributed by atoms with Crippen molar-refractivity contribution in [3.8, 4) is 0 Å². The van der Waals surface area contributed by atoms with E-state index in [2.05, 4.69) is 107 Å². The number of nitrogens with two attached hydrogens (primary N) is 5. The molecule has 1 saturated heterocycles. The summed E-state index contributed by atoms with van der Waals surface area (Å²) in [5.41, 5.74) is 29.4. The van der Waals surface area contributed by atoms with Crippen molar-refractivity contribution >= 4 is 159 Å². The Morgan fingerprint density at radius 2 is 0.931 bits per heavy atom. The maximum atomic E-state index is 14.7. The van der Waals surface area contributed by atoms with Crippen molar-refractivity contribution in [2.24, 2.45) is 40.5 Å². The highest BCUT2D eigenvalue weighted by Gasteiger charge is 2.38. The van der Waals surface area contributed by atoms with Crippen LogP contribution in [0.5, 0.6) is 0 Å². The van der Waals surface area contributed by atoms with Crippen molar-refractivity contribution in [2.75, 3.05) is 122 Å². The number of benzene rings is 2. The van der Waals surface area contributed by atoms with Gasteiger partial charge in [0.15, 0.2) is 5.96 Å². The first-order valence-corrected chi connectivity index (χ1v) is 48.5. The Labute approximate surface area is 840 Å². The molecule has 798 valence electrons. The van der Waals surface area contributed by atoms with Crippen LogP contribution in [-0.4, -0.2) is 363 Å². The lowest BCUT2D eigenvalue weighted by molar-refractivity contribution is -0.140. The molecule has 4 aromatic rings. The van der Waals surface area contributed by atoms with E-state index in [0.29, 0.717) is 27.9 Å². The molecule has 0 aliphatic carbocycles. The molecular formula is C91H139N29O24S. The molecule has 54 heteroatoms. The Bertz CT molecular complexity index is 5110. The number of guanidine groups is 1. The molecule has 0 spiro atoms. The number of thioether (sulfide) groups is 1. The van der Waals surface area contributed by atoms with E-state index < -0.39 is 254 Å². The van der Waals surface area contributed by atoms with Crippen LogP contribution < -0.4 is 114 Å². The van der Waals surface area contributed by atoms with Gasteiger partial charge in [0.1, 0.15) is 66.5 Å². The van der Waals surface area contributed by atoms with Crippen LogP contribution in [0.3, 0.4) is 0 Å². The van der Waals surface area contributed by atoms with Crippen molar-refractivity contribution < 1.29 is 116 Å². The van der Waals surface area contributed by atoms with Crippen LogP contribution in [0.2, 0.25) is 0 Å². The minimum atomic E-state index is -1.73. The third-order valence-corrected chi connectivity index (χ3v) is 23.3. The first-order valence-electron chi connectivity index (χ1n) is 47.1. The maximum Gasteiger partial charge on any atom is 0.317 e. The molecule has 5 rings (SSSR count). The molecule has 0 bridgehead atoms. The number of aromatic nitrogens is 3. The molecule has 32 N–H and O–H groups in total. The van der Waals surface area contributed by atoms with E-state index in [-0.39, 0.29) is 159 Å². The van der Waals surface area contributed by atoms with E-state index >= 15 is 0 Å². The topological polar surface area (TPSA) is 823 Å². The highest BCUT2D eigenvalue weighted by Crippen LogP contribution is 2.21. The zero-order valence-corrected chi connectivity index (χ0v) is 83.0. The number of imidazole rings is 1. The minimum Gasteiger partial charge on any atom is -0.480 e. The lowest BCUT2D eigenvalue weighted by Gasteiger charge is -2.32. The van der Waals surface area contributed by atoms with Gasteiger partial charge in [0.05, 0.1) is 57.8 Å². The molecule has 145 heavy (non-hydrogen) atoms. The molecule has 1 aliphatic rings. The van der Waals surface area contributed by atoms with Crippen LogP contribution in [0.15, 0.2) is 79.5 Å². The number of aromatic amines is 2. The largest absolute Gasteiger partial charge is 0.480 e. The van der Waals surface area contributed by atoms with Crippen LogP contribution in [0, 0.1) is 17.2 Å². The quantitative estimate of drug-likeness (QED) is 0.0111. The molecule has 3 heterocycles. The van der Waals surface area contributed by atoms with Crippen molar-refractivity contribution in [2.45, 2.75) is 191 Å². The number of nitrogens with zero attached hydrogens (tertiary/aromatic N) is 5. The Morgan fingerprint density at radius 1 is 0.469 bits per heavy atom. The van der Waals surface area contributed by atoms with Crippen LogP contribution in [0.4, 0.5) is 5.69 Å². The summed E-state index contributed by atoms with van der Waals surface area (Å²) < 4.78 is 0. The highest BCUT2D eigenvalue weighted by molar-refractivity contribution is 7.98. The van der Waals surface area contributed by atoms with Crippen LogP contribution in [0.1, 0.15) is 134 Å². The molecule has 0 unspecified atom stereocenters. The Hall–Kier alpha value is -14.9. The number of hydrogen-bond donors (Lipinski definition) is 27. The second kappa shape index (κ2) is 62.5. The summed E-state index contributed by atoms with van der Waals surface area (Å²) in [6.07, 6.45) is 3.57. The molecule has 2 aromatic carbocycles. The number of rotatable bonds is 62. The average molecular weight is 2060 g/mol. The van der Waals surface area contributed by atoms with Gasteiger partial charge in [-0.05, 0) is 112 Å². The Balaban J connectivity index is 1.25. The van der Waals surface area contributed by atoms with Gasteiger partial charge in [-0.1, -0.05) is 65.8 Å². The second-order valence-corrected chi connectivity index (χ2v) is 36.5. The third kappa shape index (κ3) is 45.9. The number of carbonyl (C=O) groups excluding carboxylic acids is 18. The number of hydrogen-bond acceptors (Lipinski definition) is 29. The number of carboxylic acids is 3. The molecule has 18 amide bonds. The molecule has 11 atom stereocenters. The fourth-order valence-electron chi connectivity index (χ4n) is 15.0. The van der Waals surface area contributed by atoms with Gasteiger partial charge in [-0.2, -0.15) is 11.8 Å². The summed E-state index contributed by atoms with van der Waals surface area (Å²) in [5.74, 6) is -20.4. The van der Waals surface area contributed by atoms with Crippen molar-refractivity contribution in [3.05, 3.63) is 96.3 Å². The van der Waals surface area contributed by atoms with Gasteiger partial charge in [-0.3, -0.25) is 126 Å². The molecule has 1 fully saturated rings. The monoisotopic (exact) mass is 2050 g/mol. The fourth-order valence-corrected chi connectivity index (χ4v) is 15.4. The van der Waals surface area contributed by atoms with E-state index in [1.165, 1.54) is 55.5 Å². The van der Waals surface area contributed by atoms with E-state index in [1.807, 2.05) is 20.1 Å². The number of amides is 18. The normalized spacial score (nSPS) is 15.0. The van der Waals surface area contributed by atoms with Gasteiger partial charge in [0, 0.05) is 131 Å². The van der Waals surface area contributed by atoms with E-state index in [4.69, 9.17) is 34.1 Å². The molecule has 0 radical (unpaired) electrons. The van der Waals surface area contributed by atoms with Gasteiger partial charge >= 0.3 is 17.9 Å². The van der Waals surface area contributed by atoms with E-state index in [9.17, 15) is 116 Å². The summed E-state index contributed by atoms with van der Waals surface area (Å²) in [4.78, 5) is 299. The van der Waals surface area contributed by atoms with Crippen LogP contribution in [0.25, 0.3) is 10.9 Å². The lowest BCUT2D eigenvalue weighted by atomic mass is 10.0. The number of fused-ring (bicyclic) bond motifs is 1. The maximum absolute atomic E-state index is 14.7. The summed E-state index contributed by atoms with van der Waals surface area (Å²) in [5, 5.41) is 77.5. The molecule has 1 aliphatic heterocycles. The summed E-state index contributed by atoms with van der Waals surface area (Å²) in [6.45, 7) is 10.8. The van der Waals surface area contributed by atoms with Gasteiger partial charge in [0.2, 0.25) is 100 Å². The van der Waals surface area contributed by atoms with Crippen LogP contribution in [-0.2, 0) is 109 Å². The van der Waals surface area contributed by atoms with E-state index in [1.54, 1.807) is 70.8 Å².